The first-order valence-electron chi connectivity index (χ1n) is 9.36. The zero-order valence-corrected chi connectivity index (χ0v) is 17.7. The third-order valence-corrected chi connectivity index (χ3v) is 5.67. The van der Waals surface area contributed by atoms with E-state index in [1.807, 2.05) is 6.92 Å². The number of hydrogen-bond donors (Lipinski definition) is 0. The lowest BCUT2D eigenvalue weighted by molar-refractivity contribution is -0.119. The molecule has 3 nitrogen and oxygen atoms in total. The second kappa shape index (κ2) is 16.3. The summed E-state index contributed by atoms with van der Waals surface area (Å²) in [5.41, 5.74) is 0.203. The fraction of sp³-hybridized carbons (Fsp3) is 0.895. The molecule has 0 aromatic heterocycles. The molecule has 0 saturated carbocycles. The van der Waals surface area contributed by atoms with Gasteiger partial charge in [-0.25, -0.2) is 0 Å². The van der Waals surface area contributed by atoms with Gasteiger partial charge in [0.15, 0.2) is 5.05 Å². The summed E-state index contributed by atoms with van der Waals surface area (Å²) < 4.78 is 11.6. The molecule has 0 spiro atoms. The molecule has 1 unspecified atom stereocenters. The van der Waals surface area contributed by atoms with Crippen LogP contribution in [0.15, 0.2) is 0 Å². The molecule has 0 aromatic carbocycles. The van der Waals surface area contributed by atoms with Gasteiger partial charge in [0.25, 0.3) is 0 Å². The molecule has 0 radical (unpaired) electrons. The summed E-state index contributed by atoms with van der Waals surface area (Å²) >= 11 is 5.30. The first kappa shape index (κ1) is 23.9. The molecule has 1 atom stereocenters. The standard InChI is InChI=1S/C19H37O3S2/c1-5-7-8-9-10-13-18(23)21-16-14-19(24(3)4)22-15-11-12-17(20)6-2/h19H,5-16H2,1-4H3/q+1. The molecule has 5 heteroatoms. The van der Waals surface area contributed by atoms with Crippen molar-refractivity contribution >= 4 is 33.9 Å². The summed E-state index contributed by atoms with van der Waals surface area (Å²) in [5, 5.41) is 0.742. The van der Waals surface area contributed by atoms with Crippen LogP contribution in [0.5, 0.6) is 0 Å². The summed E-state index contributed by atoms with van der Waals surface area (Å²) in [7, 11) is 0.176. The zero-order valence-electron chi connectivity index (χ0n) is 16.1. The third-order valence-electron chi connectivity index (χ3n) is 3.92. The molecule has 24 heavy (non-hydrogen) atoms. The first-order valence-corrected chi connectivity index (χ1v) is 11.9. The predicted molar refractivity (Wildman–Crippen MR) is 110 cm³/mol. The lowest BCUT2D eigenvalue weighted by Gasteiger charge is -2.15. The Kier molecular flexibility index (Phi) is 16.3. The number of rotatable bonds is 16. The van der Waals surface area contributed by atoms with E-state index in [0.29, 0.717) is 31.8 Å². The van der Waals surface area contributed by atoms with E-state index >= 15 is 0 Å². The highest BCUT2D eigenvalue weighted by molar-refractivity contribution is 7.95. The van der Waals surface area contributed by atoms with Gasteiger partial charge in [-0.3, -0.25) is 4.79 Å². The van der Waals surface area contributed by atoms with E-state index < -0.39 is 0 Å². The Hall–Kier alpha value is -0.130. The fourth-order valence-electron chi connectivity index (χ4n) is 2.33. The molecular formula is C19H37O3S2+. The molecule has 0 N–H and O–H groups in total. The molecule has 0 fully saturated rings. The van der Waals surface area contributed by atoms with Crippen LogP contribution in [0.4, 0.5) is 0 Å². The highest BCUT2D eigenvalue weighted by atomic mass is 32.2. The number of unbranched alkanes of at least 4 members (excludes halogenated alkanes) is 4. The maximum Gasteiger partial charge on any atom is 0.220 e. The van der Waals surface area contributed by atoms with E-state index in [0.717, 1.165) is 30.7 Å². The highest BCUT2D eigenvalue weighted by Gasteiger charge is 2.22. The number of Topliss-reactive ketones (excluding diaryl/α,β-unsaturated/α-hetero) is 1. The van der Waals surface area contributed by atoms with Crippen molar-refractivity contribution < 1.29 is 14.3 Å². The Morgan fingerprint density at radius 1 is 1.00 bits per heavy atom. The van der Waals surface area contributed by atoms with Crippen molar-refractivity contribution in [2.45, 2.75) is 83.5 Å². The van der Waals surface area contributed by atoms with Gasteiger partial charge in [-0.1, -0.05) is 39.5 Å². The fourth-order valence-corrected chi connectivity index (χ4v) is 3.49. The maximum atomic E-state index is 11.3. The molecule has 0 heterocycles. The molecule has 0 aliphatic heterocycles. The van der Waals surface area contributed by atoms with Crippen LogP contribution < -0.4 is 0 Å². The third kappa shape index (κ3) is 14.2. The number of ether oxygens (including phenoxy) is 2. The molecule has 0 rings (SSSR count). The number of thiocarbonyl (C=S) groups is 1. The minimum atomic E-state index is 0.176. The first-order chi connectivity index (χ1) is 11.5. The Bertz CT molecular complexity index is 333. The summed E-state index contributed by atoms with van der Waals surface area (Å²) in [6, 6.07) is 0. The van der Waals surface area contributed by atoms with Crippen LogP contribution in [0.2, 0.25) is 0 Å². The minimum absolute atomic E-state index is 0.176. The van der Waals surface area contributed by atoms with Crippen molar-refractivity contribution in [3.8, 4) is 0 Å². The average molecular weight is 378 g/mol. The summed E-state index contributed by atoms with van der Waals surface area (Å²) in [6.07, 6.45) is 14.5. The Morgan fingerprint density at radius 2 is 1.71 bits per heavy atom. The van der Waals surface area contributed by atoms with Crippen molar-refractivity contribution in [2.75, 3.05) is 25.7 Å². The number of carbonyl (C=O) groups is 1. The monoisotopic (exact) mass is 377 g/mol. The van der Waals surface area contributed by atoms with Gasteiger partial charge in [-0.2, -0.15) is 0 Å². The van der Waals surface area contributed by atoms with Crippen molar-refractivity contribution in [3.63, 3.8) is 0 Å². The van der Waals surface area contributed by atoms with Crippen molar-refractivity contribution in [1.82, 2.24) is 0 Å². The van der Waals surface area contributed by atoms with Gasteiger partial charge in [-0.15, -0.1) is 0 Å². The molecule has 0 aromatic rings. The molecule has 0 amide bonds. The molecular weight excluding hydrogens is 340 g/mol. The molecule has 142 valence electrons. The van der Waals surface area contributed by atoms with Gasteiger partial charge in [0.1, 0.15) is 5.78 Å². The van der Waals surface area contributed by atoms with Crippen LogP contribution in [-0.2, 0) is 25.2 Å². The summed E-state index contributed by atoms with van der Waals surface area (Å²) in [4.78, 5) is 11.3. The Labute approximate surface area is 157 Å². The van der Waals surface area contributed by atoms with Gasteiger partial charge >= 0.3 is 0 Å². The van der Waals surface area contributed by atoms with E-state index in [2.05, 4.69) is 19.4 Å². The van der Waals surface area contributed by atoms with Crippen LogP contribution in [0.25, 0.3) is 0 Å². The summed E-state index contributed by atoms with van der Waals surface area (Å²) in [6.45, 7) is 5.43. The van der Waals surface area contributed by atoms with Gasteiger partial charge in [0.2, 0.25) is 5.44 Å². The number of carbonyl (C=O) groups excluding carboxylic acids is 1. The van der Waals surface area contributed by atoms with Gasteiger partial charge < -0.3 is 9.47 Å². The normalized spacial score (nSPS) is 12.4. The number of hydrogen-bond acceptors (Lipinski definition) is 4. The predicted octanol–water partition coefficient (Wildman–Crippen LogP) is 5.06. The van der Waals surface area contributed by atoms with E-state index in [4.69, 9.17) is 21.7 Å². The van der Waals surface area contributed by atoms with Crippen molar-refractivity contribution in [3.05, 3.63) is 0 Å². The molecule has 0 saturated heterocycles. The minimum Gasteiger partial charge on any atom is -0.487 e. The highest BCUT2D eigenvalue weighted by Crippen LogP contribution is 2.11. The van der Waals surface area contributed by atoms with E-state index in [1.165, 1.54) is 25.7 Å². The number of ketones is 1. The molecule has 0 aliphatic carbocycles. The van der Waals surface area contributed by atoms with E-state index in [9.17, 15) is 4.79 Å². The summed E-state index contributed by atoms with van der Waals surface area (Å²) in [5.74, 6) is 0.315. The quantitative estimate of drug-likeness (QED) is 0.214. The zero-order chi connectivity index (χ0) is 18.2. The van der Waals surface area contributed by atoms with E-state index in [-0.39, 0.29) is 16.3 Å². The second-order valence-electron chi connectivity index (χ2n) is 6.35. The Morgan fingerprint density at radius 3 is 2.33 bits per heavy atom. The molecule has 0 bridgehead atoms. The lowest BCUT2D eigenvalue weighted by Crippen LogP contribution is -2.25. The average Bonchev–Trinajstić information content (AvgIpc) is 2.56. The van der Waals surface area contributed by atoms with Crippen LogP contribution >= 0.6 is 12.2 Å². The van der Waals surface area contributed by atoms with Crippen molar-refractivity contribution in [2.24, 2.45) is 0 Å². The lowest BCUT2D eigenvalue weighted by atomic mass is 10.1. The van der Waals surface area contributed by atoms with Gasteiger partial charge in [0.05, 0.1) is 32.1 Å². The molecule has 0 aliphatic rings. The van der Waals surface area contributed by atoms with Crippen LogP contribution in [-0.4, -0.2) is 42.0 Å². The SMILES string of the molecule is CCCCCCCC(=S)OCCC(OCCCC(=O)CC)[S+](C)C. The largest absolute Gasteiger partial charge is 0.487 e. The van der Waals surface area contributed by atoms with Crippen LogP contribution in [0.3, 0.4) is 0 Å². The maximum absolute atomic E-state index is 11.3. The van der Waals surface area contributed by atoms with Crippen LogP contribution in [0, 0.1) is 0 Å². The topological polar surface area (TPSA) is 35.5 Å². The van der Waals surface area contributed by atoms with Crippen LogP contribution in [0.1, 0.15) is 78.1 Å². The van der Waals surface area contributed by atoms with Gasteiger partial charge in [-0.05, 0) is 25.1 Å². The van der Waals surface area contributed by atoms with E-state index in [1.54, 1.807) is 0 Å². The second-order valence-corrected chi connectivity index (χ2v) is 9.09. The smallest absolute Gasteiger partial charge is 0.220 e. The Balaban J connectivity index is 3.76. The van der Waals surface area contributed by atoms with Gasteiger partial charge in [0, 0.05) is 30.2 Å². The van der Waals surface area contributed by atoms with Crippen molar-refractivity contribution in [1.29, 1.82) is 0 Å².